The predicted molar refractivity (Wildman–Crippen MR) is 104 cm³/mol. The number of benzene rings is 2. The fraction of sp³-hybridized carbons (Fsp3) is 0.0500. The van der Waals surface area contributed by atoms with E-state index in [1.165, 1.54) is 6.20 Å². The van der Waals surface area contributed by atoms with Gasteiger partial charge in [0, 0.05) is 28.6 Å². The highest BCUT2D eigenvalue weighted by atomic mass is 79.9. The van der Waals surface area contributed by atoms with Crippen molar-refractivity contribution < 1.29 is 19.1 Å². The summed E-state index contributed by atoms with van der Waals surface area (Å²) in [6.07, 6.45) is 2.92. The first-order valence-electron chi connectivity index (χ1n) is 8.00. The Labute approximate surface area is 164 Å². The van der Waals surface area contributed by atoms with Gasteiger partial charge in [-0.15, -0.1) is 0 Å². The summed E-state index contributed by atoms with van der Waals surface area (Å²) >= 11 is 3.22. The van der Waals surface area contributed by atoms with Crippen LogP contribution in [0.1, 0.15) is 10.4 Å². The number of rotatable bonds is 6. The summed E-state index contributed by atoms with van der Waals surface area (Å²) in [4.78, 5) is 27.8. The molecule has 0 aliphatic heterocycles. The molecule has 27 heavy (non-hydrogen) atoms. The third-order valence-corrected chi connectivity index (χ3v) is 3.81. The topological polar surface area (TPSA) is 77.5 Å². The number of esters is 1. The van der Waals surface area contributed by atoms with Crippen LogP contribution in [-0.4, -0.2) is 23.5 Å². The fourth-order valence-electron chi connectivity index (χ4n) is 2.20. The molecule has 3 aromatic rings. The Morgan fingerprint density at radius 1 is 0.963 bits per heavy atom. The molecule has 6 nitrogen and oxygen atoms in total. The average Bonchev–Trinajstić information content (AvgIpc) is 2.67. The number of pyridine rings is 1. The monoisotopic (exact) mass is 426 g/mol. The first-order valence-corrected chi connectivity index (χ1v) is 8.80. The van der Waals surface area contributed by atoms with Gasteiger partial charge in [-0.25, -0.2) is 4.79 Å². The molecule has 0 atom stereocenters. The van der Waals surface area contributed by atoms with Crippen LogP contribution in [0.25, 0.3) is 0 Å². The lowest BCUT2D eigenvalue weighted by molar-refractivity contribution is -0.119. The summed E-state index contributed by atoms with van der Waals surface area (Å²) < 4.78 is 11.4. The van der Waals surface area contributed by atoms with E-state index in [0.29, 0.717) is 21.7 Å². The lowest BCUT2D eigenvalue weighted by atomic mass is 10.3. The van der Waals surface area contributed by atoms with E-state index in [9.17, 15) is 9.59 Å². The van der Waals surface area contributed by atoms with Crippen LogP contribution in [0, 0.1) is 0 Å². The molecule has 0 saturated carbocycles. The SMILES string of the molecule is O=C(COC(=O)c1cncc(Br)c1)Nc1cccc(Oc2ccccc2)c1. The van der Waals surface area contributed by atoms with E-state index >= 15 is 0 Å². The van der Waals surface area contributed by atoms with Crippen LogP contribution in [0.2, 0.25) is 0 Å². The molecular weight excluding hydrogens is 412 g/mol. The zero-order valence-corrected chi connectivity index (χ0v) is 15.7. The van der Waals surface area contributed by atoms with Gasteiger partial charge in [-0.2, -0.15) is 0 Å². The molecule has 7 heteroatoms. The smallest absolute Gasteiger partial charge is 0.340 e. The van der Waals surface area contributed by atoms with Crippen molar-refractivity contribution in [2.24, 2.45) is 0 Å². The van der Waals surface area contributed by atoms with Crippen LogP contribution in [0.4, 0.5) is 5.69 Å². The number of nitrogens with zero attached hydrogens (tertiary/aromatic N) is 1. The third-order valence-electron chi connectivity index (χ3n) is 3.37. The highest BCUT2D eigenvalue weighted by Crippen LogP contribution is 2.23. The van der Waals surface area contributed by atoms with Gasteiger partial charge in [0.05, 0.1) is 5.56 Å². The molecule has 1 N–H and O–H groups in total. The zero-order chi connectivity index (χ0) is 19.1. The summed E-state index contributed by atoms with van der Waals surface area (Å²) in [5.41, 5.74) is 0.795. The quantitative estimate of drug-likeness (QED) is 0.589. The molecule has 0 aliphatic rings. The molecule has 136 valence electrons. The largest absolute Gasteiger partial charge is 0.457 e. The van der Waals surface area contributed by atoms with Crippen LogP contribution in [0.15, 0.2) is 77.5 Å². The highest BCUT2D eigenvalue weighted by molar-refractivity contribution is 9.10. The Morgan fingerprint density at radius 2 is 1.74 bits per heavy atom. The highest BCUT2D eigenvalue weighted by Gasteiger charge is 2.11. The summed E-state index contributed by atoms with van der Waals surface area (Å²) in [7, 11) is 0. The standard InChI is InChI=1S/C20H15BrN2O4/c21-15-9-14(11-22-12-15)20(25)26-13-19(24)23-16-5-4-8-18(10-16)27-17-6-2-1-3-7-17/h1-12H,13H2,(H,23,24). The molecule has 1 heterocycles. The lowest BCUT2D eigenvalue weighted by Crippen LogP contribution is -2.21. The number of halogens is 1. The number of hydrogen-bond donors (Lipinski definition) is 1. The first kappa shape index (κ1) is 18.6. The maximum absolute atomic E-state index is 12.0. The van der Waals surface area contributed by atoms with Gasteiger partial charge >= 0.3 is 5.97 Å². The van der Waals surface area contributed by atoms with Crippen LogP contribution >= 0.6 is 15.9 Å². The van der Waals surface area contributed by atoms with Gasteiger partial charge in [-0.3, -0.25) is 9.78 Å². The number of aromatic nitrogens is 1. The second-order valence-corrected chi connectivity index (χ2v) is 6.37. The number of anilines is 1. The van der Waals surface area contributed by atoms with E-state index in [2.05, 4.69) is 26.2 Å². The molecule has 0 radical (unpaired) electrons. The summed E-state index contributed by atoms with van der Waals surface area (Å²) in [5, 5.41) is 2.67. The van der Waals surface area contributed by atoms with Crippen LogP contribution < -0.4 is 10.1 Å². The van der Waals surface area contributed by atoms with Crippen LogP contribution in [0.5, 0.6) is 11.5 Å². The van der Waals surface area contributed by atoms with E-state index in [1.807, 2.05) is 30.3 Å². The van der Waals surface area contributed by atoms with Gasteiger partial charge in [0.2, 0.25) is 0 Å². The van der Waals surface area contributed by atoms with E-state index in [4.69, 9.17) is 9.47 Å². The van der Waals surface area contributed by atoms with Gasteiger partial charge < -0.3 is 14.8 Å². The molecule has 1 amide bonds. The zero-order valence-electron chi connectivity index (χ0n) is 14.1. The second kappa shape index (κ2) is 8.95. The number of amides is 1. The molecule has 0 bridgehead atoms. The number of ether oxygens (including phenoxy) is 2. The molecule has 0 spiro atoms. The third kappa shape index (κ3) is 5.65. The van der Waals surface area contributed by atoms with Crippen molar-refractivity contribution in [1.29, 1.82) is 0 Å². The van der Waals surface area contributed by atoms with Crippen LogP contribution in [0.3, 0.4) is 0 Å². The molecule has 0 saturated heterocycles. The number of nitrogens with one attached hydrogen (secondary N) is 1. The first-order chi connectivity index (χ1) is 13.1. The second-order valence-electron chi connectivity index (χ2n) is 5.46. The van der Waals surface area contributed by atoms with Crippen molar-refractivity contribution >= 4 is 33.5 Å². The van der Waals surface area contributed by atoms with E-state index in [-0.39, 0.29) is 5.56 Å². The van der Waals surface area contributed by atoms with Crippen molar-refractivity contribution in [1.82, 2.24) is 4.98 Å². The number of carbonyl (C=O) groups is 2. The minimum atomic E-state index is -0.625. The summed E-state index contributed by atoms with van der Waals surface area (Å²) in [6.45, 7) is -0.408. The maximum Gasteiger partial charge on any atom is 0.340 e. The minimum Gasteiger partial charge on any atom is -0.457 e. The molecule has 0 fully saturated rings. The minimum absolute atomic E-state index is 0.260. The van der Waals surface area contributed by atoms with Crippen LogP contribution in [-0.2, 0) is 9.53 Å². The molecule has 0 aliphatic carbocycles. The number of carbonyl (C=O) groups excluding carboxylic acids is 2. The van der Waals surface area contributed by atoms with Crippen molar-refractivity contribution in [2.45, 2.75) is 0 Å². The van der Waals surface area contributed by atoms with Gasteiger partial charge in [0.1, 0.15) is 11.5 Å². The Balaban J connectivity index is 1.55. The summed E-state index contributed by atoms with van der Waals surface area (Å²) in [6, 6.07) is 17.8. The average molecular weight is 427 g/mol. The Hall–Kier alpha value is -3.19. The van der Waals surface area contributed by atoms with Gasteiger partial charge in [0.25, 0.3) is 5.91 Å². The van der Waals surface area contributed by atoms with E-state index in [0.717, 1.165) is 0 Å². The van der Waals surface area contributed by atoms with Crippen molar-refractivity contribution in [3.8, 4) is 11.5 Å². The van der Waals surface area contributed by atoms with E-state index < -0.39 is 18.5 Å². The van der Waals surface area contributed by atoms with Crippen molar-refractivity contribution in [2.75, 3.05) is 11.9 Å². The summed E-state index contributed by atoms with van der Waals surface area (Å²) in [5.74, 6) is 0.192. The van der Waals surface area contributed by atoms with Crippen molar-refractivity contribution in [3.63, 3.8) is 0 Å². The number of hydrogen-bond acceptors (Lipinski definition) is 5. The van der Waals surface area contributed by atoms with Gasteiger partial charge in [-0.05, 0) is 46.3 Å². The Bertz CT molecular complexity index is 947. The molecule has 2 aromatic carbocycles. The van der Waals surface area contributed by atoms with E-state index in [1.54, 1.807) is 36.5 Å². The maximum atomic E-state index is 12.0. The Morgan fingerprint density at radius 3 is 2.52 bits per heavy atom. The Kier molecular flexibility index (Phi) is 6.17. The number of para-hydroxylation sites is 1. The molecular formula is C20H15BrN2O4. The van der Waals surface area contributed by atoms with Gasteiger partial charge in [0.15, 0.2) is 6.61 Å². The van der Waals surface area contributed by atoms with Crippen molar-refractivity contribution in [3.05, 3.63) is 83.1 Å². The van der Waals surface area contributed by atoms with Gasteiger partial charge in [-0.1, -0.05) is 24.3 Å². The fourth-order valence-corrected chi connectivity index (χ4v) is 2.56. The molecule has 1 aromatic heterocycles. The lowest BCUT2D eigenvalue weighted by Gasteiger charge is -2.09. The molecule has 0 unspecified atom stereocenters. The molecule has 3 rings (SSSR count). The predicted octanol–water partition coefficient (Wildman–Crippen LogP) is 4.43. The normalized spacial score (nSPS) is 10.1.